The van der Waals surface area contributed by atoms with Crippen LogP contribution in [-0.4, -0.2) is 6.54 Å². The van der Waals surface area contributed by atoms with Crippen molar-refractivity contribution in [1.29, 1.82) is 0 Å². The minimum atomic E-state index is -0.183. The molecule has 0 spiro atoms. The average molecular weight is 299 g/mol. The maximum absolute atomic E-state index is 13.7. The third-order valence-electron chi connectivity index (χ3n) is 3.78. The minimum Gasteiger partial charge on any atom is -0.306 e. The number of halogens is 1. The minimum absolute atomic E-state index is 0.0213. The van der Waals surface area contributed by atoms with Gasteiger partial charge in [0, 0.05) is 4.70 Å². The van der Waals surface area contributed by atoms with E-state index in [0.717, 1.165) is 17.7 Å². The average Bonchev–Trinajstić information content (AvgIpc) is 2.96. The summed E-state index contributed by atoms with van der Waals surface area (Å²) in [5.74, 6) is -0.183. The molecule has 0 aliphatic heterocycles. The molecule has 0 saturated carbocycles. The molecule has 0 amide bonds. The molecule has 0 aliphatic rings. The first-order valence-corrected chi connectivity index (χ1v) is 8.04. The van der Waals surface area contributed by atoms with Gasteiger partial charge in [-0.2, -0.15) is 0 Å². The number of hydrogen-bond acceptors (Lipinski definition) is 2. The molecule has 3 aromatic rings. The number of nitrogens with one attached hydrogen (secondary N) is 1. The summed E-state index contributed by atoms with van der Waals surface area (Å²) in [6.07, 6.45) is 0. The van der Waals surface area contributed by atoms with E-state index in [0.29, 0.717) is 0 Å². The van der Waals surface area contributed by atoms with Crippen molar-refractivity contribution in [2.75, 3.05) is 6.54 Å². The summed E-state index contributed by atoms with van der Waals surface area (Å²) in [4.78, 5) is 0. The Morgan fingerprint density at radius 3 is 2.81 bits per heavy atom. The number of hydrogen-bond donors (Lipinski definition) is 1. The van der Waals surface area contributed by atoms with E-state index in [1.165, 1.54) is 21.7 Å². The van der Waals surface area contributed by atoms with E-state index in [1.54, 1.807) is 17.4 Å². The second-order valence-electron chi connectivity index (χ2n) is 5.18. The predicted octanol–water partition coefficient (Wildman–Crippen LogP) is 5.05. The van der Waals surface area contributed by atoms with Gasteiger partial charge in [0.15, 0.2) is 0 Å². The topological polar surface area (TPSA) is 12.0 Å². The van der Waals surface area contributed by atoms with Crippen LogP contribution in [0.2, 0.25) is 0 Å². The number of thiophene rings is 1. The lowest BCUT2D eigenvalue weighted by Crippen LogP contribution is -2.23. The Bertz CT molecular complexity index is 763. The van der Waals surface area contributed by atoms with Crippen LogP contribution in [0.4, 0.5) is 4.39 Å². The molecule has 1 nitrogen and oxygen atoms in total. The van der Waals surface area contributed by atoms with Gasteiger partial charge in [-0.05, 0) is 59.1 Å². The highest BCUT2D eigenvalue weighted by Crippen LogP contribution is 2.33. The van der Waals surface area contributed by atoms with E-state index < -0.39 is 0 Å². The van der Waals surface area contributed by atoms with Gasteiger partial charge in [-0.1, -0.05) is 31.2 Å². The van der Waals surface area contributed by atoms with Crippen LogP contribution >= 0.6 is 11.3 Å². The van der Waals surface area contributed by atoms with Crippen molar-refractivity contribution in [2.45, 2.75) is 19.9 Å². The maximum Gasteiger partial charge on any atom is 0.123 e. The van der Waals surface area contributed by atoms with Crippen molar-refractivity contribution < 1.29 is 4.39 Å². The first kappa shape index (κ1) is 14.2. The van der Waals surface area contributed by atoms with Gasteiger partial charge >= 0.3 is 0 Å². The summed E-state index contributed by atoms with van der Waals surface area (Å²) in [6.45, 7) is 4.95. The zero-order chi connectivity index (χ0) is 14.8. The Labute approximate surface area is 128 Å². The van der Waals surface area contributed by atoms with Crippen molar-refractivity contribution in [1.82, 2.24) is 5.32 Å². The monoisotopic (exact) mass is 299 g/mol. The predicted molar refractivity (Wildman–Crippen MR) is 88.5 cm³/mol. The molecule has 0 saturated heterocycles. The van der Waals surface area contributed by atoms with Crippen molar-refractivity contribution in [3.63, 3.8) is 0 Å². The molecule has 2 aromatic carbocycles. The second-order valence-corrected chi connectivity index (χ2v) is 6.09. The van der Waals surface area contributed by atoms with Gasteiger partial charge in [-0.25, -0.2) is 4.39 Å². The van der Waals surface area contributed by atoms with Crippen LogP contribution in [0, 0.1) is 12.7 Å². The third kappa shape index (κ3) is 2.71. The van der Waals surface area contributed by atoms with E-state index in [2.05, 4.69) is 41.9 Å². The molecule has 1 aromatic heterocycles. The van der Waals surface area contributed by atoms with Crippen LogP contribution in [0.5, 0.6) is 0 Å². The zero-order valence-electron chi connectivity index (χ0n) is 12.2. The van der Waals surface area contributed by atoms with Gasteiger partial charge < -0.3 is 5.32 Å². The van der Waals surface area contributed by atoms with Crippen LogP contribution in [0.15, 0.2) is 47.8 Å². The molecular weight excluding hydrogens is 281 g/mol. The van der Waals surface area contributed by atoms with Crippen molar-refractivity contribution >= 4 is 21.4 Å². The van der Waals surface area contributed by atoms with Crippen LogP contribution in [0.1, 0.15) is 29.7 Å². The SMILES string of the molecule is CCNC(c1cc(F)ccc1C)c1cccc2ccsc12. The van der Waals surface area contributed by atoms with E-state index in [1.807, 2.05) is 13.0 Å². The van der Waals surface area contributed by atoms with Crippen LogP contribution in [0.25, 0.3) is 10.1 Å². The Hall–Kier alpha value is -1.71. The molecule has 1 unspecified atom stereocenters. The summed E-state index contributed by atoms with van der Waals surface area (Å²) in [6, 6.07) is 13.5. The Morgan fingerprint density at radius 1 is 1.14 bits per heavy atom. The molecule has 3 heteroatoms. The number of rotatable bonds is 4. The molecule has 1 heterocycles. The van der Waals surface area contributed by atoms with E-state index >= 15 is 0 Å². The lowest BCUT2D eigenvalue weighted by atomic mass is 9.94. The molecule has 3 rings (SSSR count). The molecular formula is C18H18FNS. The highest BCUT2D eigenvalue weighted by molar-refractivity contribution is 7.17. The Morgan fingerprint density at radius 2 is 2.00 bits per heavy atom. The molecule has 21 heavy (non-hydrogen) atoms. The van der Waals surface area contributed by atoms with Gasteiger partial charge in [-0.3, -0.25) is 0 Å². The fraction of sp³-hybridized carbons (Fsp3) is 0.222. The first-order valence-electron chi connectivity index (χ1n) is 7.16. The van der Waals surface area contributed by atoms with Crippen molar-refractivity contribution in [3.8, 4) is 0 Å². The molecule has 0 aliphatic carbocycles. The summed E-state index contributed by atoms with van der Waals surface area (Å²) < 4.78 is 15.0. The summed E-state index contributed by atoms with van der Waals surface area (Å²) in [5, 5.41) is 6.86. The Balaban J connectivity index is 2.18. The van der Waals surface area contributed by atoms with Crippen LogP contribution in [-0.2, 0) is 0 Å². The van der Waals surface area contributed by atoms with E-state index in [9.17, 15) is 4.39 Å². The summed E-state index contributed by atoms with van der Waals surface area (Å²) in [7, 11) is 0. The van der Waals surface area contributed by atoms with E-state index in [4.69, 9.17) is 0 Å². The van der Waals surface area contributed by atoms with Crippen LogP contribution < -0.4 is 5.32 Å². The normalized spacial score (nSPS) is 12.7. The number of benzene rings is 2. The molecule has 0 radical (unpaired) electrons. The lowest BCUT2D eigenvalue weighted by Gasteiger charge is -2.21. The van der Waals surface area contributed by atoms with Gasteiger partial charge in [0.2, 0.25) is 0 Å². The van der Waals surface area contributed by atoms with Crippen molar-refractivity contribution in [2.24, 2.45) is 0 Å². The highest BCUT2D eigenvalue weighted by Gasteiger charge is 2.18. The maximum atomic E-state index is 13.7. The van der Waals surface area contributed by atoms with E-state index in [-0.39, 0.29) is 11.9 Å². The van der Waals surface area contributed by atoms with Gasteiger partial charge in [-0.15, -0.1) is 11.3 Å². The third-order valence-corrected chi connectivity index (χ3v) is 4.76. The van der Waals surface area contributed by atoms with Crippen molar-refractivity contribution in [3.05, 3.63) is 70.4 Å². The second kappa shape index (κ2) is 5.96. The molecule has 0 bridgehead atoms. The fourth-order valence-electron chi connectivity index (χ4n) is 2.76. The van der Waals surface area contributed by atoms with Crippen LogP contribution in [0.3, 0.4) is 0 Å². The smallest absolute Gasteiger partial charge is 0.123 e. The largest absolute Gasteiger partial charge is 0.306 e. The zero-order valence-corrected chi connectivity index (χ0v) is 13.0. The van der Waals surface area contributed by atoms with Gasteiger partial charge in [0.25, 0.3) is 0 Å². The molecule has 0 fully saturated rings. The molecule has 1 N–H and O–H groups in total. The standard InChI is InChI=1S/C18H18FNS/c1-3-20-17(16-11-14(19)8-7-12(16)2)15-6-4-5-13-9-10-21-18(13)15/h4-11,17,20H,3H2,1-2H3. The Kier molecular flexibility index (Phi) is 4.04. The molecule has 1 atom stereocenters. The summed E-state index contributed by atoms with van der Waals surface area (Å²) in [5.41, 5.74) is 3.34. The fourth-order valence-corrected chi connectivity index (χ4v) is 3.70. The number of aryl methyl sites for hydroxylation is 1. The first-order chi connectivity index (χ1) is 10.2. The number of fused-ring (bicyclic) bond motifs is 1. The van der Waals surface area contributed by atoms with Gasteiger partial charge in [0.1, 0.15) is 5.82 Å². The summed E-state index contributed by atoms with van der Waals surface area (Å²) >= 11 is 1.74. The molecule has 108 valence electrons. The highest BCUT2D eigenvalue weighted by atomic mass is 32.1. The lowest BCUT2D eigenvalue weighted by molar-refractivity contribution is 0.602. The quantitative estimate of drug-likeness (QED) is 0.711. The van der Waals surface area contributed by atoms with Gasteiger partial charge in [0.05, 0.1) is 6.04 Å².